The molecule has 1 N–H and O–H groups in total. The van der Waals surface area contributed by atoms with Gasteiger partial charge in [-0.05, 0) is 30.2 Å². The second-order valence-corrected chi connectivity index (χ2v) is 4.57. The van der Waals surface area contributed by atoms with Gasteiger partial charge in [-0.1, -0.05) is 0 Å². The molecule has 0 amide bonds. The van der Waals surface area contributed by atoms with Crippen LogP contribution in [0.2, 0.25) is 0 Å². The molecule has 0 unspecified atom stereocenters. The summed E-state index contributed by atoms with van der Waals surface area (Å²) in [4.78, 5) is 0. The molecular formula is C14H13F3N4. The van der Waals surface area contributed by atoms with Crippen molar-refractivity contribution in [1.29, 1.82) is 5.26 Å². The number of rotatable bonds is 4. The highest BCUT2D eigenvalue weighted by molar-refractivity contribution is 5.53. The summed E-state index contributed by atoms with van der Waals surface area (Å²) in [5, 5.41) is 15.9. The number of nitriles is 1. The molecule has 4 nitrogen and oxygen atoms in total. The summed E-state index contributed by atoms with van der Waals surface area (Å²) in [5.74, 6) is 0. The zero-order valence-corrected chi connectivity index (χ0v) is 11.3. The number of halogens is 3. The maximum absolute atomic E-state index is 12.7. The predicted octanol–water partition coefficient (Wildman–Crippen LogP) is 2.97. The lowest BCUT2D eigenvalue weighted by Crippen LogP contribution is -2.09. The number of hydrogen-bond acceptors (Lipinski definition) is 3. The summed E-state index contributed by atoms with van der Waals surface area (Å²) in [5.41, 5.74) is 0.220. The van der Waals surface area contributed by atoms with Crippen molar-refractivity contribution in [3.63, 3.8) is 0 Å². The molecule has 0 aliphatic rings. The second-order valence-electron chi connectivity index (χ2n) is 4.57. The van der Waals surface area contributed by atoms with E-state index < -0.39 is 11.7 Å². The molecular weight excluding hydrogens is 281 g/mol. The Balaban J connectivity index is 2.03. The van der Waals surface area contributed by atoms with Gasteiger partial charge in [0, 0.05) is 25.5 Å². The zero-order chi connectivity index (χ0) is 15.5. The van der Waals surface area contributed by atoms with Crippen molar-refractivity contribution in [2.24, 2.45) is 7.05 Å². The first-order valence-electron chi connectivity index (χ1n) is 6.23. The van der Waals surface area contributed by atoms with Crippen LogP contribution < -0.4 is 5.32 Å². The molecule has 1 aromatic carbocycles. The van der Waals surface area contributed by atoms with Gasteiger partial charge in [-0.15, -0.1) is 0 Å². The van der Waals surface area contributed by atoms with E-state index in [1.807, 2.05) is 13.2 Å². The minimum absolute atomic E-state index is 0.381. The number of alkyl halides is 3. The minimum atomic E-state index is -4.51. The lowest BCUT2D eigenvalue weighted by molar-refractivity contribution is -0.137. The van der Waals surface area contributed by atoms with Crippen molar-refractivity contribution in [1.82, 2.24) is 9.78 Å². The van der Waals surface area contributed by atoms with Crippen molar-refractivity contribution in [3.05, 3.63) is 47.3 Å². The van der Waals surface area contributed by atoms with E-state index in [-0.39, 0.29) is 5.56 Å². The van der Waals surface area contributed by atoms with Gasteiger partial charge < -0.3 is 5.32 Å². The molecule has 0 atom stereocenters. The predicted molar refractivity (Wildman–Crippen MR) is 71.6 cm³/mol. The molecule has 1 heterocycles. The van der Waals surface area contributed by atoms with Gasteiger partial charge in [-0.3, -0.25) is 4.68 Å². The van der Waals surface area contributed by atoms with Gasteiger partial charge in [0.15, 0.2) is 0 Å². The van der Waals surface area contributed by atoms with E-state index in [1.165, 1.54) is 12.1 Å². The van der Waals surface area contributed by atoms with Crippen LogP contribution in [0.15, 0.2) is 30.6 Å². The third-order valence-electron chi connectivity index (χ3n) is 2.95. The van der Waals surface area contributed by atoms with E-state index in [1.54, 1.807) is 16.9 Å². The van der Waals surface area contributed by atoms with E-state index in [9.17, 15) is 13.2 Å². The number of nitrogens with zero attached hydrogens (tertiary/aromatic N) is 3. The summed E-state index contributed by atoms with van der Waals surface area (Å²) in [7, 11) is 1.81. The van der Waals surface area contributed by atoms with Crippen molar-refractivity contribution in [3.8, 4) is 6.07 Å². The lowest BCUT2D eigenvalue weighted by atomic mass is 10.1. The van der Waals surface area contributed by atoms with Crippen molar-refractivity contribution in [2.75, 3.05) is 11.9 Å². The van der Waals surface area contributed by atoms with Gasteiger partial charge in [0.1, 0.15) is 0 Å². The van der Waals surface area contributed by atoms with Gasteiger partial charge in [0.05, 0.1) is 23.4 Å². The van der Waals surface area contributed by atoms with E-state index in [4.69, 9.17) is 5.26 Å². The quantitative estimate of drug-likeness (QED) is 0.943. The van der Waals surface area contributed by atoms with Gasteiger partial charge >= 0.3 is 6.18 Å². The van der Waals surface area contributed by atoms with E-state index in [2.05, 4.69) is 10.4 Å². The largest absolute Gasteiger partial charge is 0.417 e. The fourth-order valence-electron chi connectivity index (χ4n) is 1.95. The molecule has 21 heavy (non-hydrogen) atoms. The van der Waals surface area contributed by atoms with Crippen molar-refractivity contribution in [2.45, 2.75) is 12.6 Å². The average Bonchev–Trinajstić information content (AvgIpc) is 2.83. The zero-order valence-electron chi connectivity index (χ0n) is 11.3. The Bertz CT molecular complexity index is 668. The van der Waals surface area contributed by atoms with Gasteiger partial charge in [0.25, 0.3) is 0 Å². The van der Waals surface area contributed by atoms with Gasteiger partial charge in [0.2, 0.25) is 0 Å². The smallest absolute Gasteiger partial charge is 0.385 e. The summed E-state index contributed by atoms with van der Waals surface area (Å²) in [6, 6.07) is 5.04. The lowest BCUT2D eigenvalue weighted by Gasteiger charge is -2.11. The fourth-order valence-corrected chi connectivity index (χ4v) is 1.95. The Hall–Kier alpha value is -2.49. The molecule has 1 aromatic heterocycles. The number of nitrogens with one attached hydrogen (secondary N) is 1. The van der Waals surface area contributed by atoms with Crippen LogP contribution in [0.1, 0.15) is 16.7 Å². The Morgan fingerprint density at radius 3 is 2.71 bits per heavy atom. The standard InChI is InChI=1S/C14H13F3N4/c1-21-9-10(8-20-21)4-5-19-12-2-3-13(14(15,16)17)11(6-12)7-18/h2-3,6,8-9,19H,4-5H2,1H3. The molecule has 7 heteroatoms. The summed E-state index contributed by atoms with van der Waals surface area (Å²) < 4.78 is 39.7. The molecule has 0 saturated heterocycles. The maximum Gasteiger partial charge on any atom is 0.417 e. The molecule has 0 spiro atoms. The molecule has 0 saturated carbocycles. The Labute approximate surface area is 119 Å². The number of aryl methyl sites for hydroxylation is 1. The average molecular weight is 294 g/mol. The molecule has 2 rings (SSSR count). The fraction of sp³-hybridized carbons (Fsp3) is 0.286. The second kappa shape index (κ2) is 5.87. The van der Waals surface area contributed by atoms with E-state index >= 15 is 0 Å². The third-order valence-corrected chi connectivity index (χ3v) is 2.95. The molecule has 0 bridgehead atoms. The first kappa shape index (κ1) is 14.9. The summed E-state index contributed by atoms with van der Waals surface area (Å²) >= 11 is 0. The van der Waals surface area contributed by atoms with Crippen LogP contribution in [0.3, 0.4) is 0 Å². The topological polar surface area (TPSA) is 53.6 Å². The first-order valence-corrected chi connectivity index (χ1v) is 6.23. The summed E-state index contributed by atoms with van der Waals surface area (Å²) in [6.45, 7) is 0.544. The van der Waals surface area contributed by atoms with Crippen LogP contribution in [0.4, 0.5) is 18.9 Å². The normalized spacial score (nSPS) is 11.2. The van der Waals surface area contributed by atoms with Crippen LogP contribution in [0.25, 0.3) is 0 Å². The van der Waals surface area contributed by atoms with Crippen LogP contribution in [0, 0.1) is 11.3 Å². The highest BCUT2D eigenvalue weighted by atomic mass is 19.4. The van der Waals surface area contributed by atoms with Crippen molar-refractivity contribution < 1.29 is 13.2 Å². The Kier molecular flexibility index (Phi) is 4.17. The molecule has 110 valence electrons. The third kappa shape index (κ3) is 3.75. The first-order chi connectivity index (χ1) is 9.90. The molecule has 0 fully saturated rings. The Morgan fingerprint density at radius 2 is 2.14 bits per heavy atom. The van der Waals surface area contributed by atoms with Crippen LogP contribution >= 0.6 is 0 Å². The number of aromatic nitrogens is 2. The van der Waals surface area contributed by atoms with Crippen LogP contribution in [-0.4, -0.2) is 16.3 Å². The number of hydrogen-bond donors (Lipinski definition) is 1. The molecule has 2 aromatic rings. The molecule has 0 aliphatic heterocycles. The molecule has 0 radical (unpaired) electrons. The highest BCUT2D eigenvalue weighted by Crippen LogP contribution is 2.32. The van der Waals surface area contributed by atoms with E-state index in [0.29, 0.717) is 18.7 Å². The van der Waals surface area contributed by atoms with Gasteiger partial charge in [-0.25, -0.2) is 0 Å². The van der Waals surface area contributed by atoms with Crippen LogP contribution in [0.5, 0.6) is 0 Å². The minimum Gasteiger partial charge on any atom is -0.385 e. The van der Waals surface area contributed by atoms with Crippen LogP contribution in [-0.2, 0) is 19.6 Å². The maximum atomic E-state index is 12.7. The highest BCUT2D eigenvalue weighted by Gasteiger charge is 2.33. The summed E-state index contributed by atoms with van der Waals surface area (Å²) in [6.07, 6.45) is -0.222. The number of anilines is 1. The molecule has 0 aliphatic carbocycles. The van der Waals surface area contributed by atoms with Gasteiger partial charge in [-0.2, -0.15) is 23.5 Å². The van der Waals surface area contributed by atoms with E-state index in [0.717, 1.165) is 11.6 Å². The Morgan fingerprint density at radius 1 is 1.38 bits per heavy atom. The van der Waals surface area contributed by atoms with Crippen molar-refractivity contribution >= 4 is 5.69 Å². The number of benzene rings is 1. The monoisotopic (exact) mass is 294 g/mol. The SMILES string of the molecule is Cn1cc(CCNc2ccc(C(F)(F)F)c(C#N)c2)cn1.